The van der Waals surface area contributed by atoms with Crippen molar-refractivity contribution in [2.75, 3.05) is 7.11 Å². The third-order valence-corrected chi connectivity index (χ3v) is 3.05. The number of rotatable bonds is 2. The fraction of sp³-hybridized carbons (Fsp3) is 0.818. The highest BCUT2D eigenvalue weighted by atomic mass is 16.5. The van der Waals surface area contributed by atoms with Gasteiger partial charge in [0.1, 0.15) is 11.7 Å². The van der Waals surface area contributed by atoms with E-state index >= 15 is 0 Å². The van der Waals surface area contributed by atoms with Gasteiger partial charge in [0.05, 0.1) is 7.11 Å². The molecule has 3 heteroatoms. The summed E-state index contributed by atoms with van der Waals surface area (Å²) in [5.74, 6) is 0.469. The first-order valence-electron chi connectivity index (χ1n) is 5.09. The van der Waals surface area contributed by atoms with E-state index in [0.717, 1.165) is 12.7 Å². The second kappa shape index (κ2) is 4.11. The summed E-state index contributed by atoms with van der Waals surface area (Å²) in [6.07, 6.45) is 3.14. The van der Waals surface area contributed by atoms with Gasteiger partial charge in [-0.2, -0.15) is 0 Å². The van der Waals surface area contributed by atoms with Crippen molar-refractivity contribution in [3.05, 3.63) is 0 Å². The van der Waals surface area contributed by atoms with Crippen LogP contribution in [0.15, 0.2) is 0 Å². The molecule has 3 nitrogen and oxygen atoms in total. The lowest BCUT2D eigenvalue weighted by Crippen LogP contribution is -2.40. The van der Waals surface area contributed by atoms with E-state index < -0.39 is 5.41 Å². The zero-order valence-electron chi connectivity index (χ0n) is 9.08. The molecule has 0 aliphatic heterocycles. The van der Waals surface area contributed by atoms with Crippen LogP contribution in [-0.2, 0) is 14.3 Å². The number of aldehydes is 1. The topological polar surface area (TPSA) is 43.4 Å². The second-order valence-corrected chi connectivity index (χ2v) is 4.62. The van der Waals surface area contributed by atoms with Crippen LogP contribution in [-0.4, -0.2) is 19.4 Å². The maximum atomic E-state index is 11.6. The van der Waals surface area contributed by atoms with Gasteiger partial charge in [0.15, 0.2) is 0 Å². The fourth-order valence-corrected chi connectivity index (χ4v) is 2.69. The first kappa shape index (κ1) is 11.2. The highest BCUT2D eigenvalue weighted by molar-refractivity contribution is 5.93. The lowest BCUT2D eigenvalue weighted by molar-refractivity contribution is -0.158. The van der Waals surface area contributed by atoms with Gasteiger partial charge >= 0.3 is 5.97 Å². The highest BCUT2D eigenvalue weighted by Gasteiger charge is 2.44. The van der Waals surface area contributed by atoms with Gasteiger partial charge in [-0.25, -0.2) is 0 Å². The largest absolute Gasteiger partial charge is 0.468 e. The highest BCUT2D eigenvalue weighted by Crippen LogP contribution is 2.41. The zero-order chi connectivity index (χ0) is 10.8. The third-order valence-electron chi connectivity index (χ3n) is 3.05. The first-order valence-corrected chi connectivity index (χ1v) is 5.09. The van der Waals surface area contributed by atoms with E-state index in [9.17, 15) is 9.59 Å². The fourth-order valence-electron chi connectivity index (χ4n) is 2.69. The van der Waals surface area contributed by atoms with Crippen LogP contribution in [0.2, 0.25) is 0 Å². The molecule has 1 aliphatic carbocycles. The molecule has 0 aromatic rings. The summed E-state index contributed by atoms with van der Waals surface area (Å²) in [5.41, 5.74) is -0.869. The molecular formula is C11H18O3. The standard InChI is InChI=1S/C11H18O3/c1-8-4-9(2)6-11(5-8,7-12)10(13)14-3/h7-9H,4-6H2,1-3H3. The molecule has 1 rings (SSSR count). The Morgan fingerprint density at radius 3 is 2.21 bits per heavy atom. The minimum Gasteiger partial charge on any atom is -0.468 e. The lowest BCUT2D eigenvalue weighted by atomic mass is 9.67. The number of esters is 1. The Morgan fingerprint density at radius 2 is 1.86 bits per heavy atom. The normalized spacial score (nSPS) is 37.6. The van der Waals surface area contributed by atoms with Gasteiger partial charge in [-0.15, -0.1) is 0 Å². The lowest BCUT2D eigenvalue weighted by Gasteiger charge is -2.36. The summed E-state index contributed by atoms with van der Waals surface area (Å²) in [5, 5.41) is 0. The summed E-state index contributed by atoms with van der Waals surface area (Å²) in [7, 11) is 1.34. The van der Waals surface area contributed by atoms with Gasteiger partial charge in [0, 0.05) is 0 Å². The number of carbonyl (C=O) groups is 2. The molecule has 0 aromatic heterocycles. The van der Waals surface area contributed by atoms with Crippen molar-refractivity contribution in [3.63, 3.8) is 0 Å². The number of hydrogen-bond donors (Lipinski definition) is 0. The van der Waals surface area contributed by atoms with Gasteiger partial charge in [-0.05, 0) is 31.1 Å². The van der Waals surface area contributed by atoms with Gasteiger partial charge < -0.3 is 9.53 Å². The van der Waals surface area contributed by atoms with Crippen LogP contribution in [0.3, 0.4) is 0 Å². The van der Waals surface area contributed by atoms with Crippen molar-refractivity contribution < 1.29 is 14.3 Å². The molecule has 0 radical (unpaired) electrons. The van der Waals surface area contributed by atoms with Crippen LogP contribution >= 0.6 is 0 Å². The minimum absolute atomic E-state index is 0.370. The summed E-state index contributed by atoms with van der Waals surface area (Å²) in [6.45, 7) is 4.16. The molecule has 0 aromatic carbocycles. The van der Waals surface area contributed by atoms with Crippen LogP contribution < -0.4 is 0 Å². The summed E-state index contributed by atoms with van der Waals surface area (Å²) >= 11 is 0. The molecule has 80 valence electrons. The minimum atomic E-state index is -0.869. The van der Waals surface area contributed by atoms with Gasteiger partial charge in [0.25, 0.3) is 0 Å². The Labute approximate surface area is 84.8 Å². The van der Waals surface area contributed by atoms with Crippen LogP contribution in [0.5, 0.6) is 0 Å². The number of carbonyl (C=O) groups excluding carboxylic acids is 2. The molecule has 0 spiro atoms. The molecule has 2 atom stereocenters. The van der Waals surface area contributed by atoms with E-state index in [1.54, 1.807) is 0 Å². The van der Waals surface area contributed by atoms with Crippen LogP contribution in [0.1, 0.15) is 33.1 Å². The summed E-state index contributed by atoms with van der Waals surface area (Å²) in [6, 6.07) is 0. The van der Waals surface area contributed by atoms with Crippen LogP contribution in [0.4, 0.5) is 0 Å². The average molecular weight is 198 g/mol. The van der Waals surface area contributed by atoms with E-state index in [2.05, 4.69) is 13.8 Å². The van der Waals surface area contributed by atoms with E-state index in [4.69, 9.17) is 4.74 Å². The Balaban J connectivity index is 2.87. The molecule has 1 fully saturated rings. The van der Waals surface area contributed by atoms with Crippen molar-refractivity contribution in [1.82, 2.24) is 0 Å². The van der Waals surface area contributed by atoms with Crippen molar-refractivity contribution in [1.29, 1.82) is 0 Å². The molecule has 1 aliphatic rings. The van der Waals surface area contributed by atoms with Crippen LogP contribution in [0, 0.1) is 17.3 Å². The molecular weight excluding hydrogens is 180 g/mol. The smallest absolute Gasteiger partial charge is 0.319 e. The third kappa shape index (κ3) is 1.97. The number of methoxy groups -OCH3 is 1. The van der Waals surface area contributed by atoms with Crippen molar-refractivity contribution in [2.24, 2.45) is 17.3 Å². The maximum absolute atomic E-state index is 11.6. The molecule has 0 saturated heterocycles. The molecule has 1 saturated carbocycles. The van der Waals surface area contributed by atoms with E-state index in [1.165, 1.54) is 7.11 Å². The SMILES string of the molecule is COC(=O)C1(C=O)CC(C)CC(C)C1. The van der Waals surface area contributed by atoms with Crippen molar-refractivity contribution in [3.8, 4) is 0 Å². The van der Waals surface area contributed by atoms with Gasteiger partial charge in [-0.1, -0.05) is 13.8 Å². The molecule has 2 unspecified atom stereocenters. The molecule has 0 amide bonds. The van der Waals surface area contributed by atoms with Crippen molar-refractivity contribution in [2.45, 2.75) is 33.1 Å². The van der Waals surface area contributed by atoms with Crippen molar-refractivity contribution >= 4 is 12.3 Å². The van der Waals surface area contributed by atoms with Gasteiger partial charge in [0.2, 0.25) is 0 Å². The quantitative estimate of drug-likeness (QED) is 0.386. The predicted octanol–water partition coefficient (Wildman–Crippen LogP) is 1.80. The van der Waals surface area contributed by atoms with Gasteiger partial charge in [-0.3, -0.25) is 4.79 Å². The van der Waals surface area contributed by atoms with E-state index in [1.807, 2.05) is 0 Å². The van der Waals surface area contributed by atoms with E-state index in [0.29, 0.717) is 24.7 Å². The Hall–Kier alpha value is -0.860. The average Bonchev–Trinajstić information content (AvgIpc) is 2.14. The predicted molar refractivity (Wildman–Crippen MR) is 52.7 cm³/mol. The molecule has 0 N–H and O–H groups in total. The number of ether oxygens (including phenoxy) is 1. The summed E-state index contributed by atoms with van der Waals surface area (Å²) in [4.78, 5) is 22.6. The molecule has 14 heavy (non-hydrogen) atoms. The number of hydrogen-bond acceptors (Lipinski definition) is 3. The Bertz CT molecular complexity index is 225. The zero-order valence-corrected chi connectivity index (χ0v) is 9.08. The summed E-state index contributed by atoms with van der Waals surface area (Å²) < 4.78 is 4.71. The Morgan fingerprint density at radius 1 is 1.36 bits per heavy atom. The Kier molecular flexibility index (Phi) is 3.29. The molecule has 0 bridgehead atoms. The van der Waals surface area contributed by atoms with E-state index in [-0.39, 0.29) is 5.97 Å². The molecule has 0 heterocycles. The van der Waals surface area contributed by atoms with Crippen LogP contribution in [0.25, 0.3) is 0 Å². The maximum Gasteiger partial charge on any atom is 0.319 e. The second-order valence-electron chi connectivity index (χ2n) is 4.62. The monoisotopic (exact) mass is 198 g/mol. The first-order chi connectivity index (χ1) is 6.54.